The molecule has 6 nitrogen and oxygen atoms in total. The molecule has 0 spiro atoms. The minimum absolute atomic E-state index is 0.148. The molecule has 1 aromatic carbocycles. The van der Waals surface area contributed by atoms with Crippen LogP contribution in [0.5, 0.6) is 0 Å². The van der Waals surface area contributed by atoms with Crippen molar-refractivity contribution in [2.75, 3.05) is 5.32 Å². The summed E-state index contributed by atoms with van der Waals surface area (Å²) in [6.07, 6.45) is 4.75. The highest BCUT2D eigenvalue weighted by molar-refractivity contribution is 7.09. The van der Waals surface area contributed by atoms with Crippen LogP contribution in [0.2, 0.25) is 0 Å². The van der Waals surface area contributed by atoms with Gasteiger partial charge in [0, 0.05) is 17.3 Å². The fraction of sp³-hybridized carbons (Fsp3) is 0.238. The van der Waals surface area contributed by atoms with E-state index in [0.29, 0.717) is 5.56 Å². The summed E-state index contributed by atoms with van der Waals surface area (Å²) in [6, 6.07) is 12.6. The van der Waals surface area contributed by atoms with Crippen LogP contribution in [-0.4, -0.2) is 19.6 Å². The Morgan fingerprint density at radius 1 is 1.29 bits per heavy atom. The number of nitriles is 1. The largest absolute Gasteiger partial charge is 0.377 e. The third kappa shape index (κ3) is 2.92. The zero-order chi connectivity index (χ0) is 19.1. The normalized spacial score (nSPS) is 15.9. The number of hydrogen-bond donors (Lipinski definition) is 2. The quantitative estimate of drug-likeness (QED) is 0.530. The van der Waals surface area contributed by atoms with Crippen molar-refractivity contribution >= 4 is 28.1 Å². The van der Waals surface area contributed by atoms with Gasteiger partial charge in [0.1, 0.15) is 11.8 Å². The van der Waals surface area contributed by atoms with Crippen molar-refractivity contribution in [1.82, 2.24) is 19.6 Å². The number of aromatic nitrogens is 4. The summed E-state index contributed by atoms with van der Waals surface area (Å²) in [5.74, 6) is 0. The highest BCUT2D eigenvalue weighted by Crippen LogP contribution is 2.34. The average molecular weight is 386 g/mol. The number of H-pyrrole nitrogens is 1. The van der Waals surface area contributed by atoms with E-state index in [1.54, 1.807) is 6.20 Å². The van der Waals surface area contributed by atoms with Crippen molar-refractivity contribution < 1.29 is 0 Å². The van der Waals surface area contributed by atoms with Crippen LogP contribution in [0.1, 0.15) is 41.4 Å². The number of benzene rings is 1. The van der Waals surface area contributed by atoms with Crippen molar-refractivity contribution in [3.8, 4) is 16.6 Å². The molecular weight excluding hydrogens is 368 g/mol. The van der Waals surface area contributed by atoms with Crippen LogP contribution < -0.4 is 5.32 Å². The lowest BCUT2D eigenvalue weighted by molar-refractivity contribution is 0.583. The average Bonchev–Trinajstić information content (AvgIpc) is 3.33. The van der Waals surface area contributed by atoms with E-state index in [-0.39, 0.29) is 6.04 Å². The molecule has 3 aromatic heterocycles. The predicted octanol–water partition coefficient (Wildman–Crippen LogP) is 4.75. The fourth-order valence-corrected chi connectivity index (χ4v) is 4.60. The van der Waals surface area contributed by atoms with E-state index in [2.05, 4.69) is 55.2 Å². The van der Waals surface area contributed by atoms with Gasteiger partial charge in [0.15, 0.2) is 0 Å². The lowest BCUT2D eigenvalue weighted by atomic mass is 9.91. The maximum Gasteiger partial charge on any atom is 0.112 e. The highest BCUT2D eigenvalue weighted by Gasteiger charge is 2.22. The third-order valence-electron chi connectivity index (χ3n) is 5.16. The van der Waals surface area contributed by atoms with E-state index >= 15 is 0 Å². The molecule has 0 saturated carbocycles. The number of hydrogen-bond acceptors (Lipinski definition) is 6. The Hall–Kier alpha value is -3.24. The summed E-state index contributed by atoms with van der Waals surface area (Å²) in [6.45, 7) is 1.99. The molecule has 5 rings (SSSR count). The van der Waals surface area contributed by atoms with Crippen molar-refractivity contribution in [3.63, 3.8) is 0 Å². The van der Waals surface area contributed by atoms with E-state index in [0.717, 1.165) is 57.8 Å². The molecule has 4 aromatic rings. The van der Waals surface area contributed by atoms with Crippen molar-refractivity contribution in [2.45, 2.75) is 32.2 Å². The second-order valence-corrected chi connectivity index (χ2v) is 7.94. The molecule has 2 N–H and O–H groups in total. The molecule has 1 aliphatic carbocycles. The van der Waals surface area contributed by atoms with Gasteiger partial charge < -0.3 is 5.32 Å². The van der Waals surface area contributed by atoms with Gasteiger partial charge in [-0.1, -0.05) is 0 Å². The number of aryl methyl sites for hydroxylation is 2. The van der Waals surface area contributed by atoms with Gasteiger partial charge in [-0.25, -0.2) is 0 Å². The molecule has 0 fully saturated rings. The Balaban J connectivity index is 1.49. The maximum absolute atomic E-state index is 9.12. The summed E-state index contributed by atoms with van der Waals surface area (Å²) < 4.78 is 4.38. The molecule has 1 unspecified atom stereocenters. The molecule has 7 heteroatoms. The fourth-order valence-electron chi connectivity index (χ4n) is 3.84. The van der Waals surface area contributed by atoms with E-state index < -0.39 is 0 Å². The topological polar surface area (TPSA) is 90.3 Å². The van der Waals surface area contributed by atoms with E-state index in [1.807, 2.05) is 13.0 Å². The van der Waals surface area contributed by atoms with Gasteiger partial charge in [0.2, 0.25) is 0 Å². The van der Waals surface area contributed by atoms with Crippen LogP contribution in [-0.2, 0) is 6.42 Å². The summed E-state index contributed by atoms with van der Waals surface area (Å²) in [7, 11) is 0. The van der Waals surface area contributed by atoms with Crippen molar-refractivity contribution in [1.29, 1.82) is 5.26 Å². The Kier molecular flexibility index (Phi) is 4.06. The maximum atomic E-state index is 9.12. The predicted molar refractivity (Wildman–Crippen MR) is 110 cm³/mol. The molecule has 0 amide bonds. The molecule has 28 heavy (non-hydrogen) atoms. The molecule has 1 atom stereocenters. The Morgan fingerprint density at radius 2 is 2.21 bits per heavy atom. The summed E-state index contributed by atoms with van der Waals surface area (Å²) >= 11 is 1.47. The zero-order valence-corrected chi connectivity index (χ0v) is 16.2. The Morgan fingerprint density at radius 3 is 3.04 bits per heavy atom. The first-order chi connectivity index (χ1) is 13.7. The number of pyridine rings is 1. The van der Waals surface area contributed by atoms with Gasteiger partial charge in [-0.3, -0.25) is 10.1 Å². The van der Waals surface area contributed by atoms with Crippen LogP contribution in [0.25, 0.3) is 21.5 Å². The molecule has 138 valence electrons. The van der Waals surface area contributed by atoms with Gasteiger partial charge in [0.05, 0.1) is 33.4 Å². The Labute approximate surface area is 166 Å². The van der Waals surface area contributed by atoms with E-state index in [1.165, 1.54) is 17.1 Å². The molecular formula is C21H18N6S. The van der Waals surface area contributed by atoms with Gasteiger partial charge in [-0.05, 0) is 73.6 Å². The van der Waals surface area contributed by atoms with Gasteiger partial charge in [-0.2, -0.15) is 14.7 Å². The molecule has 0 aliphatic heterocycles. The summed E-state index contributed by atoms with van der Waals surface area (Å²) in [4.78, 5) is 5.64. The summed E-state index contributed by atoms with van der Waals surface area (Å²) in [5, 5.41) is 21.5. The third-order valence-corrected chi connectivity index (χ3v) is 6.05. The van der Waals surface area contributed by atoms with Gasteiger partial charge in [-0.15, -0.1) is 0 Å². The molecule has 0 saturated heterocycles. The molecule has 3 heterocycles. The first kappa shape index (κ1) is 16.9. The molecule has 0 bridgehead atoms. The standard InChI is InChI=1S/C21H18N6S/c1-12-7-19(28-27-12)21-16-9-15(5-6-17(16)25-26-21)24-18-4-2-3-14-8-13(10-22)11-23-20(14)18/h5-9,11,18,24H,2-4H2,1H3,(H,25,26). The van der Waals surface area contributed by atoms with Gasteiger partial charge in [0.25, 0.3) is 0 Å². The van der Waals surface area contributed by atoms with Crippen LogP contribution >= 0.6 is 11.5 Å². The van der Waals surface area contributed by atoms with E-state index in [4.69, 9.17) is 5.26 Å². The highest BCUT2D eigenvalue weighted by atomic mass is 32.1. The number of rotatable bonds is 3. The monoisotopic (exact) mass is 386 g/mol. The SMILES string of the molecule is Cc1cc(-c2n[nH]c3ccc(NC4CCCc5cc(C#N)cnc54)cc23)sn1. The van der Waals surface area contributed by atoms with Gasteiger partial charge >= 0.3 is 0 Å². The van der Waals surface area contributed by atoms with Crippen molar-refractivity contribution in [2.24, 2.45) is 0 Å². The zero-order valence-electron chi connectivity index (χ0n) is 15.4. The van der Waals surface area contributed by atoms with Crippen molar-refractivity contribution in [3.05, 3.63) is 59.0 Å². The summed E-state index contributed by atoms with van der Waals surface area (Å²) in [5.41, 5.74) is 6.84. The number of fused-ring (bicyclic) bond motifs is 2. The second-order valence-electron chi connectivity index (χ2n) is 7.13. The number of nitrogens with one attached hydrogen (secondary N) is 2. The molecule has 0 radical (unpaired) electrons. The molecule has 1 aliphatic rings. The number of anilines is 1. The lowest BCUT2D eigenvalue weighted by Crippen LogP contribution is -2.19. The smallest absolute Gasteiger partial charge is 0.112 e. The first-order valence-corrected chi connectivity index (χ1v) is 10.1. The number of aromatic amines is 1. The first-order valence-electron chi connectivity index (χ1n) is 9.28. The van der Waals surface area contributed by atoms with Crippen LogP contribution in [0.4, 0.5) is 5.69 Å². The van der Waals surface area contributed by atoms with Crippen LogP contribution in [0.3, 0.4) is 0 Å². The number of nitrogens with zero attached hydrogens (tertiary/aromatic N) is 4. The van der Waals surface area contributed by atoms with E-state index in [9.17, 15) is 0 Å². The second kappa shape index (κ2) is 6.73. The Bertz CT molecular complexity index is 1220. The minimum Gasteiger partial charge on any atom is -0.377 e. The van der Waals surface area contributed by atoms with Crippen LogP contribution in [0, 0.1) is 18.3 Å². The lowest BCUT2D eigenvalue weighted by Gasteiger charge is -2.26. The van der Waals surface area contributed by atoms with Crippen LogP contribution in [0.15, 0.2) is 36.5 Å². The minimum atomic E-state index is 0.148.